The number of thiazole rings is 2. The molecular weight excluding hydrogens is 845 g/mol. The Morgan fingerprint density at radius 3 is 2.45 bits per heavy atom. The van der Waals surface area contributed by atoms with Crippen molar-refractivity contribution >= 4 is 51.4 Å². The van der Waals surface area contributed by atoms with Gasteiger partial charge in [-0.1, -0.05) is 45.0 Å². The predicted molar refractivity (Wildman–Crippen MR) is 231 cm³/mol. The fourth-order valence-electron chi connectivity index (χ4n) is 7.14. The van der Waals surface area contributed by atoms with Crippen LogP contribution in [0.2, 0.25) is 0 Å². The molecule has 0 spiro atoms. The molecule has 0 unspecified atom stereocenters. The van der Waals surface area contributed by atoms with Crippen LogP contribution in [0.4, 0.5) is 13.9 Å². The second kappa shape index (κ2) is 20.9. The number of rotatable bonds is 17. The third-order valence-corrected chi connectivity index (χ3v) is 12.4. The molecule has 0 saturated carbocycles. The number of anilines is 1. The van der Waals surface area contributed by atoms with Crippen molar-refractivity contribution in [3.8, 4) is 27.4 Å². The largest absolute Gasteiger partial charge is 0.480 e. The lowest BCUT2D eigenvalue weighted by Crippen LogP contribution is -2.58. The molecule has 2 aliphatic rings. The summed E-state index contributed by atoms with van der Waals surface area (Å²) >= 11 is 2.91. The zero-order valence-corrected chi connectivity index (χ0v) is 37.0. The number of hydrogen-bond acceptors (Lipinski definition) is 13. The molecule has 2 saturated heterocycles. The van der Waals surface area contributed by atoms with Gasteiger partial charge >= 0.3 is 0 Å². The molecule has 2 aromatic heterocycles. The average molecular weight is 898 g/mol. The Labute approximate surface area is 367 Å². The number of nitrogens with zero attached hydrogens (tertiary/aromatic N) is 4. The molecule has 0 aliphatic carbocycles. The highest BCUT2D eigenvalue weighted by atomic mass is 32.1. The Morgan fingerprint density at radius 2 is 1.76 bits per heavy atom. The fourth-order valence-corrected chi connectivity index (χ4v) is 8.83. The number of β-amino-alcohol motifs (C(OH)–C–C–N with tert-alkyl or cyclic N) is 1. The van der Waals surface area contributed by atoms with E-state index < -0.39 is 71.2 Å². The molecule has 4 atom stereocenters. The Kier molecular flexibility index (Phi) is 15.6. The quantitative estimate of drug-likeness (QED) is 0.109. The summed E-state index contributed by atoms with van der Waals surface area (Å²) in [5, 5.41) is 21.4. The van der Waals surface area contributed by atoms with Gasteiger partial charge in [-0.25, -0.2) is 14.4 Å². The highest BCUT2D eigenvalue weighted by molar-refractivity contribution is 7.14. The number of amides is 4. The van der Waals surface area contributed by atoms with Crippen LogP contribution in [0.25, 0.3) is 21.7 Å². The molecule has 15 nitrogen and oxygen atoms in total. The maximum atomic E-state index is 14.9. The first-order valence-corrected chi connectivity index (χ1v) is 22.2. The third kappa shape index (κ3) is 11.7. The SMILES string of the molecule is Cc1ncsc1-c1ccc([C@H](C)NC(=O)[C@@H]2C[C@@H](O)CN2C(=O)[C@@H](NC(=O)COCCCNC(=O)COc2c(-c3csc(N4CCOCC4)n3)ccc(F)c2F)C(C)(C)C)cc1. The molecule has 6 rings (SSSR count). The Bertz CT molecular complexity index is 2190. The summed E-state index contributed by atoms with van der Waals surface area (Å²) in [6.07, 6.45) is -0.562. The number of halogens is 2. The average Bonchev–Trinajstić information content (AvgIpc) is 4.01. The molecule has 0 bridgehead atoms. The van der Waals surface area contributed by atoms with Gasteiger partial charge in [-0.05, 0) is 48.9 Å². The molecule has 2 aliphatic heterocycles. The van der Waals surface area contributed by atoms with Crippen molar-refractivity contribution in [2.24, 2.45) is 5.41 Å². The van der Waals surface area contributed by atoms with Crippen molar-refractivity contribution in [1.82, 2.24) is 30.8 Å². The molecule has 334 valence electrons. The van der Waals surface area contributed by atoms with E-state index in [4.69, 9.17) is 14.2 Å². The van der Waals surface area contributed by atoms with E-state index >= 15 is 0 Å². The molecule has 2 fully saturated rings. The standard InChI is InChI=1S/C43H53F2N7O8S2/c1-25(27-7-9-28(10-8-27)38-26(2)47-24-62-38)48-40(56)33-19-29(53)20-52(33)41(57)39(43(3,4)5)50-35(55)21-59-16-6-13-46-34(54)22-60-37-30(11-12-31(44)36(37)45)32-23-61-42(49-32)51-14-17-58-18-15-51/h7-12,23-25,29,33,39,53H,6,13-22H2,1-5H3,(H,46,54)(H,48,56)(H,50,55)/t25-,29+,33-,39+/m0/s1. The number of aliphatic hydroxyl groups excluding tert-OH is 1. The zero-order chi connectivity index (χ0) is 44.6. The number of ether oxygens (including phenoxy) is 3. The molecule has 4 N–H and O–H groups in total. The van der Waals surface area contributed by atoms with Crippen LogP contribution in [0.3, 0.4) is 0 Å². The van der Waals surface area contributed by atoms with E-state index in [1.807, 2.05) is 43.0 Å². The van der Waals surface area contributed by atoms with Crippen LogP contribution in [-0.2, 0) is 28.7 Å². The van der Waals surface area contributed by atoms with Crippen molar-refractivity contribution in [3.63, 3.8) is 0 Å². The fraction of sp³-hybridized carbons (Fsp3) is 0.488. The number of benzene rings is 2. The van der Waals surface area contributed by atoms with Crippen LogP contribution in [-0.4, -0.2) is 121 Å². The van der Waals surface area contributed by atoms with Crippen molar-refractivity contribution in [3.05, 3.63) is 70.2 Å². The van der Waals surface area contributed by atoms with Gasteiger partial charge in [0.2, 0.25) is 23.5 Å². The van der Waals surface area contributed by atoms with Crippen LogP contribution in [0, 0.1) is 24.0 Å². The minimum Gasteiger partial charge on any atom is -0.480 e. The number of carbonyl (C=O) groups is 4. The number of morpholine rings is 1. The van der Waals surface area contributed by atoms with Gasteiger partial charge in [-0.3, -0.25) is 19.2 Å². The lowest BCUT2D eigenvalue weighted by Gasteiger charge is -2.35. The van der Waals surface area contributed by atoms with E-state index in [0.29, 0.717) is 43.5 Å². The molecule has 19 heteroatoms. The highest BCUT2D eigenvalue weighted by Gasteiger charge is 2.44. The van der Waals surface area contributed by atoms with Gasteiger partial charge in [0.15, 0.2) is 23.3 Å². The summed E-state index contributed by atoms with van der Waals surface area (Å²) in [5.41, 5.74) is 4.47. The monoisotopic (exact) mass is 897 g/mol. The smallest absolute Gasteiger partial charge is 0.257 e. The van der Waals surface area contributed by atoms with Crippen LogP contribution < -0.4 is 25.6 Å². The summed E-state index contributed by atoms with van der Waals surface area (Å²) in [4.78, 5) is 66.6. The van der Waals surface area contributed by atoms with Gasteiger partial charge in [0.25, 0.3) is 5.91 Å². The number of nitrogens with one attached hydrogen (secondary N) is 3. The van der Waals surface area contributed by atoms with Crippen molar-refractivity contribution in [2.45, 2.75) is 71.7 Å². The minimum atomic E-state index is -1.23. The molecular formula is C43H53F2N7O8S2. The summed E-state index contributed by atoms with van der Waals surface area (Å²) in [7, 11) is 0. The van der Waals surface area contributed by atoms with Gasteiger partial charge in [0, 0.05) is 50.2 Å². The van der Waals surface area contributed by atoms with Gasteiger partial charge in [0.05, 0.1) is 47.1 Å². The van der Waals surface area contributed by atoms with Crippen molar-refractivity contribution < 1.29 is 47.3 Å². The van der Waals surface area contributed by atoms with Crippen molar-refractivity contribution in [2.75, 3.05) is 64.1 Å². The normalized spacial score (nSPS) is 17.7. The lowest BCUT2D eigenvalue weighted by atomic mass is 9.85. The minimum absolute atomic E-state index is 0.0519. The van der Waals surface area contributed by atoms with Gasteiger partial charge in [-0.2, -0.15) is 4.39 Å². The van der Waals surface area contributed by atoms with Crippen LogP contribution in [0.5, 0.6) is 5.75 Å². The summed E-state index contributed by atoms with van der Waals surface area (Å²) in [5.74, 6) is -4.83. The van der Waals surface area contributed by atoms with E-state index in [9.17, 15) is 33.1 Å². The predicted octanol–water partition coefficient (Wildman–Crippen LogP) is 4.63. The lowest BCUT2D eigenvalue weighted by molar-refractivity contribution is -0.144. The Hall–Kier alpha value is -5.08. The van der Waals surface area contributed by atoms with E-state index in [-0.39, 0.29) is 44.3 Å². The summed E-state index contributed by atoms with van der Waals surface area (Å²) in [6, 6.07) is 7.81. The Balaban J connectivity index is 0.940. The number of likely N-dealkylation sites (tertiary alicyclic amines) is 1. The van der Waals surface area contributed by atoms with Crippen LogP contribution >= 0.6 is 22.7 Å². The van der Waals surface area contributed by atoms with E-state index in [1.165, 1.54) is 22.3 Å². The molecule has 4 amide bonds. The number of aliphatic hydroxyl groups is 1. The van der Waals surface area contributed by atoms with E-state index in [0.717, 1.165) is 27.8 Å². The van der Waals surface area contributed by atoms with Gasteiger partial charge in [0.1, 0.15) is 18.7 Å². The van der Waals surface area contributed by atoms with Crippen LogP contribution in [0.1, 0.15) is 57.8 Å². The summed E-state index contributed by atoms with van der Waals surface area (Å²) < 4.78 is 45.5. The maximum absolute atomic E-state index is 14.9. The number of aryl methyl sites for hydroxylation is 1. The zero-order valence-electron chi connectivity index (χ0n) is 35.4. The number of hydrogen-bond donors (Lipinski definition) is 4. The first-order valence-electron chi connectivity index (χ1n) is 20.4. The maximum Gasteiger partial charge on any atom is 0.257 e. The third-order valence-electron chi connectivity index (χ3n) is 10.5. The van der Waals surface area contributed by atoms with Crippen LogP contribution in [0.15, 0.2) is 47.3 Å². The van der Waals surface area contributed by atoms with Crippen molar-refractivity contribution in [1.29, 1.82) is 0 Å². The molecule has 2 aromatic carbocycles. The topological polar surface area (TPSA) is 185 Å². The van der Waals surface area contributed by atoms with E-state index in [2.05, 4.69) is 25.9 Å². The first kappa shape index (κ1) is 46.4. The molecule has 4 aromatic rings. The Morgan fingerprint density at radius 1 is 1.02 bits per heavy atom. The molecule has 62 heavy (non-hydrogen) atoms. The second-order valence-electron chi connectivity index (χ2n) is 16.3. The first-order chi connectivity index (χ1) is 29.6. The van der Waals surface area contributed by atoms with Gasteiger partial charge in [-0.15, -0.1) is 22.7 Å². The molecule has 4 heterocycles. The second-order valence-corrected chi connectivity index (χ2v) is 18.0. The van der Waals surface area contributed by atoms with E-state index in [1.54, 1.807) is 43.0 Å². The highest BCUT2D eigenvalue weighted by Crippen LogP contribution is 2.37. The number of carbonyl (C=O) groups excluding carboxylic acids is 4. The number of aromatic nitrogens is 2. The molecule has 0 radical (unpaired) electrons. The summed E-state index contributed by atoms with van der Waals surface area (Å²) in [6.45, 7) is 10.8. The van der Waals surface area contributed by atoms with Gasteiger partial charge < -0.3 is 45.1 Å².